The Labute approximate surface area is 141 Å². The molecule has 4 heteroatoms. The maximum Gasteiger partial charge on any atom is 0.315 e. The van der Waals surface area contributed by atoms with Crippen molar-refractivity contribution in [3.63, 3.8) is 0 Å². The maximum absolute atomic E-state index is 12.4. The lowest BCUT2D eigenvalue weighted by Gasteiger charge is -2.54. The first-order valence-electron chi connectivity index (χ1n) is 7.97. The Morgan fingerprint density at radius 2 is 1.54 bits per heavy atom. The minimum absolute atomic E-state index is 0.0959. The molecule has 24 heavy (non-hydrogen) atoms. The number of ether oxygens (including phenoxy) is 2. The van der Waals surface area contributed by atoms with E-state index >= 15 is 0 Å². The zero-order valence-corrected chi connectivity index (χ0v) is 13.8. The number of allylic oxidation sites excluding steroid dienone is 9. The summed E-state index contributed by atoms with van der Waals surface area (Å²) in [7, 11) is 0. The molecule has 124 valence electrons. The molecule has 0 aromatic heterocycles. The molecular formula is C20H20O4. The molecule has 0 saturated heterocycles. The van der Waals surface area contributed by atoms with Gasteiger partial charge < -0.3 is 9.47 Å². The number of rotatable bonds is 4. The lowest BCUT2D eigenvalue weighted by atomic mass is 9.50. The molecule has 0 bridgehead atoms. The number of hydrogen-bond donors (Lipinski definition) is 0. The molecule has 0 aromatic rings. The van der Waals surface area contributed by atoms with Crippen molar-refractivity contribution in [3.8, 4) is 0 Å². The average molecular weight is 324 g/mol. The van der Waals surface area contributed by atoms with Crippen LogP contribution in [-0.2, 0) is 19.1 Å². The molecule has 4 atom stereocenters. The van der Waals surface area contributed by atoms with Crippen LogP contribution in [0.5, 0.6) is 0 Å². The van der Waals surface area contributed by atoms with Gasteiger partial charge in [-0.25, -0.2) is 0 Å². The maximum atomic E-state index is 12.4. The SMILES string of the molecule is C=C/C=C\C1=C(C)OC(=O)C2C3C(=O)OC(C=C)=C(/C=C\C)C3C12. The predicted octanol–water partition coefficient (Wildman–Crippen LogP) is 3.61. The highest BCUT2D eigenvalue weighted by Gasteiger charge is 2.64. The van der Waals surface area contributed by atoms with E-state index in [0.717, 1.165) is 11.1 Å². The molecule has 0 amide bonds. The van der Waals surface area contributed by atoms with Crippen molar-refractivity contribution in [1.82, 2.24) is 0 Å². The van der Waals surface area contributed by atoms with Crippen molar-refractivity contribution < 1.29 is 19.1 Å². The van der Waals surface area contributed by atoms with Crippen LogP contribution in [-0.4, -0.2) is 11.9 Å². The second-order valence-corrected chi connectivity index (χ2v) is 6.08. The zero-order valence-electron chi connectivity index (χ0n) is 13.8. The van der Waals surface area contributed by atoms with E-state index in [1.165, 1.54) is 0 Å². The van der Waals surface area contributed by atoms with Crippen LogP contribution in [0, 0.1) is 23.7 Å². The number of esters is 2. The molecule has 0 spiro atoms. The standard InChI is InChI=1S/C20H20O4/c1-5-8-10-12-11(4)23-19(21)17-15(12)16-13(9-6-2)14(7-3)24-20(22)18(16)17/h5-10,15-18H,1,3H2,2,4H3/b9-6-,10-8-. The third-order valence-electron chi connectivity index (χ3n) is 4.91. The summed E-state index contributed by atoms with van der Waals surface area (Å²) in [5.41, 5.74) is 1.84. The molecule has 4 nitrogen and oxygen atoms in total. The van der Waals surface area contributed by atoms with Crippen LogP contribution in [0.1, 0.15) is 13.8 Å². The Morgan fingerprint density at radius 3 is 2.12 bits per heavy atom. The van der Waals surface area contributed by atoms with Crippen LogP contribution in [0.25, 0.3) is 0 Å². The van der Waals surface area contributed by atoms with Gasteiger partial charge in [-0.3, -0.25) is 9.59 Å². The fourth-order valence-corrected chi connectivity index (χ4v) is 3.95. The molecule has 1 aliphatic carbocycles. The molecule has 4 unspecified atom stereocenters. The summed E-state index contributed by atoms with van der Waals surface area (Å²) in [4.78, 5) is 24.7. The number of cyclic esters (lactones) is 2. The third-order valence-corrected chi connectivity index (χ3v) is 4.91. The Balaban J connectivity index is 2.14. The molecule has 3 aliphatic rings. The summed E-state index contributed by atoms with van der Waals surface area (Å²) >= 11 is 0. The summed E-state index contributed by atoms with van der Waals surface area (Å²) in [6.07, 6.45) is 10.8. The van der Waals surface area contributed by atoms with E-state index in [1.54, 1.807) is 19.1 Å². The minimum atomic E-state index is -0.502. The average Bonchev–Trinajstić information content (AvgIpc) is 2.52. The predicted molar refractivity (Wildman–Crippen MR) is 90.2 cm³/mol. The Hall–Kier alpha value is -2.62. The summed E-state index contributed by atoms with van der Waals surface area (Å²) in [6, 6.07) is 0. The molecule has 0 N–H and O–H groups in total. The van der Waals surface area contributed by atoms with Gasteiger partial charge >= 0.3 is 11.9 Å². The second-order valence-electron chi connectivity index (χ2n) is 6.08. The van der Waals surface area contributed by atoms with Crippen LogP contribution < -0.4 is 0 Å². The lowest BCUT2D eigenvalue weighted by Crippen LogP contribution is -2.59. The molecular weight excluding hydrogens is 304 g/mol. The van der Waals surface area contributed by atoms with E-state index in [4.69, 9.17) is 9.47 Å². The van der Waals surface area contributed by atoms with E-state index < -0.39 is 11.8 Å². The normalized spacial score (nSPS) is 32.2. The summed E-state index contributed by atoms with van der Waals surface area (Å²) in [5.74, 6) is -0.881. The first-order valence-corrected chi connectivity index (χ1v) is 7.97. The highest BCUT2D eigenvalue weighted by atomic mass is 16.5. The Bertz CT molecular complexity index is 748. The van der Waals surface area contributed by atoms with Crippen molar-refractivity contribution in [1.29, 1.82) is 0 Å². The van der Waals surface area contributed by atoms with Gasteiger partial charge in [0.2, 0.25) is 0 Å². The monoisotopic (exact) mass is 324 g/mol. The largest absolute Gasteiger partial charge is 0.431 e. The molecule has 1 saturated carbocycles. The van der Waals surface area contributed by atoms with Crippen molar-refractivity contribution >= 4 is 11.9 Å². The van der Waals surface area contributed by atoms with Gasteiger partial charge in [0.1, 0.15) is 11.5 Å². The highest BCUT2D eigenvalue weighted by Crippen LogP contribution is 2.59. The molecule has 2 heterocycles. The number of hydrogen-bond acceptors (Lipinski definition) is 4. The number of carbonyl (C=O) groups is 2. The molecule has 3 rings (SSSR count). The summed E-state index contributed by atoms with van der Waals surface area (Å²) in [5, 5.41) is 0. The fraction of sp³-hybridized carbons (Fsp3) is 0.300. The van der Waals surface area contributed by atoms with Gasteiger partial charge in [0.05, 0.1) is 11.8 Å². The van der Waals surface area contributed by atoms with Crippen LogP contribution >= 0.6 is 0 Å². The van der Waals surface area contributed by atoms with Gasteiger partial charge in [-0.1, -0.05) is 43.5 Å². The van der Waals surface area contributed by atoms with Gasteiger partial charge in [0.25, 0.3) is 0 Å². The van der Waals surface area contributed by atoms with Crippen molar-refractivity contribution in [2.75, 3.05) is 0 Å². The van der Waals surface area contributed by atoms with Crippen molar-refractivity contribution in [2.24, 2.45) is 23.7 Å². The number of fused-ring (bicyclic) bond motifs is 4. The van der Waals surface area contributed by atoms with Crippen molar-refractivity contribution in [3.05, 3.63) is 72.3 Å². The fourth-order valence-electron chi connectivity index (χ4n) is 3.95. The summed E-state index contributed by atoms with van der Waals surface area (Å²) in [6.45, 7) is 11.1. The van der Waals surface area contributed by atoms with E-state index in [-0.39, 0.29) is 23.8 Å². The number of carbonyl (C=O) groups excluding carboxylic acids is 2. The van der Waals surface area contributed by atoms with Gasteiger partial charge in [-0.2, -0.15) is 0 Å². The molecule has 1 fully saturated rings. The first kappa shape index (κ1) is 16.2. The Morgan fingerprint density at radius 1 is 0.917 bits per heavy atom. The second kappa shape index (κ2) is 6.11. The molecule has 0 aromatic carbocycles. The van der Waals surface area contributed by atoms with Crippen LogP contribution in [0.2, 0.25) is 0 Å². The summed E-state index contributed by atoms with van der Waals surface area (Å²) < 4.78 is 10.8. The topological polar surface area (TPSA) is 52.6 Å². The molecule has 0 radical (unpaired) electrons. The van der Waals surface area contributed by atoms with Crippen LogP contribution in [0.15, 0.2) is 72.3 Å². The van der Waals surface area contributed by atoms with Crippen molar-refractivity contribution in [2.45, 2.75) is 13.8 Å². The molecule has 2 aliphatic heterocycles. The van der Waals surface area contributed by atoms with Gasteiger partial charge in [0, 0.05) is 11.8 Å². The van der Waals surface area contributed by atoms with Crippen LogP contribution in [0.3, 0.4) is 0 Å². The van der Waals surface area contributed by atoms with E-state index in [9.17, 15) is 9.59 Å². The van der Waals surface area contributed by atoms with E-state index in [1.807, 2.05) is 31.2 Å². The van der Waals surface area contributed by atoms with Gasteiger partial charge in [0.15, 0.2) is 0 Å². The quantitative estimate of drug-likeness (QED) is 0.585. The van der Waals surface area contributed by atoms with Crippen LogP contribution in [0.4, 0.5) is 0 Å². The third kappa shape index (κ3) is 2.21. The highest BCUT2D eigenvalue weighted by molar-refractivity contribution is 5.89. The zero-order chi connectivity index (χ0) is 17.4. The van der Waals surface area contributed by atoms with Gasteiger partial charge in [-0.15, -0.1) is 0 Å². The first-order chi connectivity index (χ1) is 11.5. The van der Waals surface area contributed by atoms with E-state index in [0.29, 0.717) is 11.5 Å². The lowest BCUT2D eigenvalue weighted by molar-refractivity contribution is -0.178. The Kier molecular flexibility index (Phi) is 4.14. The van der Waals surface area contributed by atoms with Gasteiger partial charge in [-0.05, 0) is 31.1 Å². The smallest absolute Gasteiger partial charge is 0.315 e. The van der Waals surface area contributed by atoms with E-state index in [2.05, 4.69) is 13.2 Å². The minimum Gasteiger partial charge on any atom is -0.431 e.